The first-order valence-corrected chi connectivity index (χ1v) is 12.0. The second kappa shape index (κ2) is 8.30. The molecule has 32 heavy (non-hydrogen) atoms. The number of fused-ring (bicyclic) bond motifs is 2. The monoisotopic (exact) mass is 443 g/mol. The lowest BCUT2D eigenvalue weighted by Gasteiger charge is -2.39. The highest BCUT2D eigenvalue weighted by Crippen LogP contribution is 2.53. The molecule has 8 nitrogen and oxygen atoms in total. The van der Waals surface area contributed by atoms with Crippen molar-refractivity contribution in [2.24, 2.45) is 11.8 Å². The molecule has 1 aliphatic carbocycles. The minimum absolute atomic E-state index is 0.0676. The van der Waals surface area contributed by atoms with Crippen LogP contribution in [0, 0.1) is 11.8 Å². The van der Waals surface area contributed by atoms with Gasteiger partial charge in [0.1, 0.15) is 11.6 Å². The van der Waals surface area contributed by atoms with Crippen LogP contribution in [0.2, 0.25) is 0 Å². The number of hydrogen-bond donors (Lipinski definition) is 1. The van der Waals surface area contributed by atoms with Gasteiger partial charge in [0.15, 0.2) is 0 Å². The zero-order valence-corrected chi connectivity index (χ0v) is 18.7. The number of likely N-dealkylation sites (N-methyl/N-ethyl adjacent to an activating group) is 1. The number of amides is 3. The van der Waals surface area contributed by atoms with Gasteiger partial charge < -0.3 is 24.5 Å². The molecule has 4 aliphatic heterocycles. The fourth-order valence-corrected chi connectivity index (χ4v) is 6.48. The van der Waals surface area contributed by atoms with Gasteiger partial charge in [0.05, 0.1) is 17.9 Å². The van der Waals surface area contributed by atoms with E-state index in [-0.39, 0.29) is 36.9 Å². The van der Waals surface area contributed by atoms with Gasteiger partial charge in [0.2, 0.25) is 17.7 Å². The maximum atomic E-state index is 14.0. The molecule has 8 heteroatoms. The molecule has 5 aliphatic rings. The molecule has 0 radical (unpaired) electrons. The third kappa shape index (κ3) is 3.14. The van der Waals surface area contributed by atoms with E-state index in [2.05, 4.69) is 0 Å². The van der Waals surface area contributed by atoms with E-state index < -0.39 is 29.6 Å². The SMILES string of the molecule is CN1CC=C[C@H]2O[C@]34C=CCN(C5CCCCC5)C(=O)C3N(CCCO)C(=O)[C@@H]4[C@H]2C1=O. The van der Waals surface area contributed by atoms with E-state index in [0.29, 0.717) is 19.5 Å². The highest BCUT2D eigenvalue weighted by Gasteiger charge is 2.71. The number of carbonyl (C=O) groups is 3. The van der Waals surface area contributed by atoms with Crippen LogP contribution in [0.4, 0.5) is 0 Å². The summed E-state index contributed by atoms with van der Waals surface area (Å²) in [6.07, 6.45) is 12.9. The number of aliphatic hydroxyl groups excluding tert-OH is 1. The molecule has 5 atom stereocenters. The number of ether oxygens (including phenoxy) is 1. The van der Waals surface area contributed by atoms with Crippen LogP contribution in [0.15, 0.2) is 24.3 Å². The van der Waals surface area contributed by atoms with E-state index in [0.717, 1.165) is 25.7 Å². The zero-order valence-electron chi connectivity index (χ0n) is 18.7. The van der Waals surface area contributed by atoms with Gasteiger partial charge in [-0.15, -0.1) is 0 Å². The Morgan fingerprint density at radius 1 is 1.06 bits per heavy atom. The van der Waals surface area contributed by atoms with E-state index in [1.165, 1.54) is 6.42 Å². The van der Waals surface area contributed by atoms with Crippen molar-refractivity contribution in [3.63, 3.8) is 0 Å². The molecule has 3 amide bonds. The van der Waals surface area contributed by atoms with Crippen LogP contribution in [0.25, 0.3) is 0 Å². The molecule has 5 rings (SSSR count). The van der Waals surface area contributed by atoms with E-state index in [1.54, 1.807) is 16.8 Å². The number of hydrogen-bond acceptors (Lipinski definition) is 5. The van der Waals surface area contributed by atoms with E-state index in [1.807, 2.05) is 29.2 Å². The van der Waals surface area contributed by atoms with Crippen LogP contribution >= 0.6 is 0 Å². The summed E-state index contributed by atoms with van der Waals surface area (Å²) in [6, 6.07) is -0.630. The van der Waals surface area contributed by atoms with Crippen molar-refractivity contribution in [3.05, 3.63) is 24.3 Å². The lowest BCUT2D eigenvalue weighted by Crippen LogP contribution is -2.57. The van der Waals surface area contributed by atoms with Gasteiger partial charge >= 0.3 is 0 Å². The van der Waals surface area contributed by atoms with Gasteiger partial charge in [-0.05, 0) is 19.3 Å². The van der Waals surface area contributed by atoms with Gasteiger partial charge in [-0.25, -0.2) is 0 Å². The summed E-state index contributed by atoms with van der Waals surface area (Å²) in [5.74, 6) is -1.80. The first-order chi connectivity index (χ1) is 15.5. The summed E-state index contributed by atoms with van der Waals surface area (Å²) < 4.78 is 6.55. The first kappa shape index (κ1) is 21.6. The van der Waals surface area contributed by atoms with Crippen LogP contribution in [-0.4, -0.2) is 94.6 Å². The van der Waals surface area contributed by atoms with Crippen molar-refractivity contribution < 1.29 is 24.2 Å². The summed E-state index contributed by atoms with van der Waals surface area (Å²) in [5.41, 5.74) is -1.15. The number of rotatable bonds is 4. The minimum atomic E-state index is -1.15. The molecule has 4 heterocycles. The highest BCUT2D eigenvalue weighted by molar-refractivity contribution is 5.99. The third-order valence-corrected chi connectivity index (χ3v) is 7.96. The standard InChI is InChI=1S/C24H33N3O5/c1-25-12-5-10-17-18(21(25)29)19-22(30)27(14-7-15-28)20-23(31)26(16-8-3-2-4-9-16)13-6-11-24(19,20)32-17/h5-6,10-11,16-20,28H,2-4,7-9,12-15H2,1H3/t17-,18+,19+,20?,24+/m1/s1. The minimum Gasteiger partial charge on any atom is -0.396 e. The molecule has 1 saturated carbocycles. The second-order valence-electron chi connectivity index (χ2n) is 9.78. The zero-order chi connectivity index (χ0) is 22.5. The molecule has 0 aromatic carbocycles. The Kier molecular flexibility index (Phi) is 5.61. The van der Waals surface area contributed by atoms with E-state index >= 15 is 0 Å². The van der Waals surface area contributed by atoms with Crippen molar-refractivity contribution in [3.8, 4) is 0 Å². The number of aliphatic hydroxyl groups is 1. The smallest absolute Gasteiger partial charge is 0.249 e. The van der Waals surface area contributed by atoms with Gasteiger partial charge in [-0.2, -0.15) is 0 Å². The van der Waals surface area contributed by atoms with Crippen LogP contribution in [0.1, 0.15) is 38.5 Å². The van der Waals surface area contributed by atoms with Crippen LogP contribution in [0.5, 0.6) is 0 Å². The predicted octanol–water partition coefficient (Wildman–Crippen LogP) is 0.709. The molecule has 174 valence electrons. The Balaban J connectivity index is 1.57. The Morgan fingerprint density at radius 3 is 2.59 bits per heavy atom. The molecule has 1 spiro atoms. The van der Waals surface area contributed by atoms with Crippen molar-refractivity contribution in [2.45, 2.75) is 62.3 Å². The average Bonchev–Trinajstić information content (AvgIpc) is 3.12. The van der Waals surface area contributed by atoms with Gasteiger partial charge in [-0.1, -0.05) is 43.6 Å². The Labute approximate surface area is 188 Å². The van der Waals surface area contributed by atoms with E-state index in [9.17, 15) is 19.5 Å². The lowest BCUT2D eigenvalue weighted by atomic mass is 9.77. The Hall–Kier alpha value is -2.19. The van der Waals surface area contributed by atoms with Crippen LogP contribution < -0.4 is 0 Å². The predicted molar refractivity (Wildman–Crippen MR) is 116 cm³/mol. The summed E-state index contributed by atoms with van der Waals surface area (Å²) in [5, 5.41) is 9.44. The molecule has 1 N–H and O–H groups in total. The molecular formula is C24H33N3O5. The average molecular weight is 444 g/mol. The quantitative estimate of drug-likeness (QED) is 0.647. The summed E-state index contributed by atoms with van der Waals surface area (Å²) in [7, 11) is 1.74. The Bertz CT molecular complexity index is 851. The van der Waals surface area contributed by atoms with Crippen LogP contribution in [0.3, 0.4) is 0 Å². The molecule has 1 unspecified atom stereocenters. The first-order valence-electron chi connectivity index (χ1n) is 12.0. The molecule has 3 fully saturated rings. The molecule has 0 bridgehead atoms. The number of carbonyl (C=O) groups excluding carboxylic acids is 3. The van der Waals surface area contributed by atoms with Gasteiger partial charge in [-0.3, -0.25) is 14.4 Å². The third-order valence-electron chi connectivity index (χ3n) is 7.96. The van der Waals surface area contributed by atoms with Crippen LogP contribution in [-0.2, 0) is 19.1 Å². The topological polar surface area (TPSA) is 90.4 Å². The van der Waals surface area contributed by atoms with Crippen molar-refractivity contribution in [2.75, 3.05) is 33.3 Å². The normalized spacial score (nSPS) is 37.4. The highest BCUT2D eigenvalue weighted by atomic mass is 16.5. The maximum Gasteiger partial charge on any atom is 0.249 e. The van der Waals surface area contributed by atoms with Crippen molar-refractivity contribution in [1.82, 2.24) is 14.7 Å². The molecule has 2 saturated heterocycles. The second-order valence-corrected chi connectivity index (χ2v) is 9.78. The molecule has 0 aromatic rings. The van der Waals surface area contributed by atoms with E-state index in [4.69, 9.17) is 4.74 Å². The summed E-state index contributed by atoms with van der Waals surface area (Å²) in [6.45, 7) is 1.18. The fraction of sp³-hybridized carbons (Fsp3) is 0.708. The van der Waals surface area contributed by atoms with Crippen molar-refractivity contribution in [1.29, 1.82) is 0 Å². The maximum absolute atomic E-state index is 14.0. The van der Waals surface area contributed by atoms with Crippen molar-refractivity contribution >= 4 is 17.7 Å². The van der Waals surface area contributed by atoms with Gasteiger partial charge in [0.25, 0.3) is 0 Å². The molecule has 0 aromatic heterocycles. The van der Waals surface area contributed by atoms with Gasteiger partial charge in [0, 0.05) is 39.3 Å². The number of likely N-dealkylation sites (tertiary alicyclic amines) is 1. The Morgan fingerprint density at radius 2 is 1.84 bits per heavy atom. The largest absolute Gasteiger partial charge is 0.396 e. The summed E-state index contributed by atoms with van der Waals surface area (Å²) >= 11 is 0. The number of nitrogens with zero attached hydrogens (tertiary/aromatic N) is 3. The lowest BCUT2D eigenvalue weighted by molar-refractivity contribution is -0.149. The summed E-state index contributed by atoms with van der Waals surface area (Å²) in [4.78, 5) is 46.2. The molecular weight excluding hydrogens is 410 g/mol. The fourth-order valence-electron chi connectivity index (χ4n) is 6.48.